The zero-order valence-corrected chi connectivity index (χ0v) is 23.9. The van der Waals surface area contributed by atoms with Gasteiger partial charge in [0, 0.05) is 35.4 Å². The van der Waals surface area contributed by atoms with Gasteiger partial charge >= 0.3 is 0 Å². The SMILES string of the molecule is C=C(/C=C\C=C/C)[C@H](Nc1cc(Cl)c2ncc(C#N)c(Nc3ccc(F)c(Cl)c3)c2c1)C1=CN(c2cccnc2)NN1. The minimum absolute atomic E-state index is 0.0455. The van der Waals surface area contributed by atoms with E-state index in [4.69, 9.17) is 23.2 Å². The fourth-order valence-electron chi connectivity index (χ4n) is 4.31. The van der Waals surface area contributed by atoms with Gasteiger partial charge in [-0.1, -0.05) is 54.1 Å². The van der Waals surface area contributed by atoms with Crippen LogP contribution in [0.2, 0.25) is 10.0 Å². The summed E-state index contributed by atoms with van der Waals surface area (Å²) in [5.74, 6) is -0.544. The molecule has 5 rings (SSSR count). The van der Waals surface area contributed by atoms with E-state index in [9.17, 15) is 9.65 Å². The van der Waals surface area contributed by atoms with Gasteiger partial charge in [0.25, 0.3) is 0 Å². The molecule has 4 N–H and O–H groups in total. The van der Waals surface area contributed by atoms with E-state index in [1.807, 2.05) is 60.6 Å². The van der Waals surface area contributed by atoms with E-state index in [-0.39, 0.29) is 10.6 Å². The van der Waals surface area contributed by atoms with Gasteiger partial charge in [0.05, 0.1) is 50.4 Å². The molecule has 1 aliphatic rings. The van der Waals surface area contributed by atoms with Crippen molar-refractivity contribution in [3.05, 3.63) is 131 Å². The molecular weight excluding hydrogens is 574 g/mol. The van der Waals surface area contributed by atoms with Gasteiger partial charge in [0.15, 0.2) is 0 Å². The number of aromatic nitrogens is 2. The number of allylic oxidation sites excluding steroid dienone is 3. The number of nitriles is 1. The molecule has 42 heavy (non-hydrogen) atoms. The largest absolute Gasteiger partial charge is 0.373 e. The van der Waals surface area contributed by atoms with Gasteiger partial charge in [0.2, 0.25) is 0 Å². The predicted octanol–water partition coefficient (Wildman–Crippen LogP) is 7.53. The monoisotopic (exact) mass is 598 g/mol. The second-order valence-electron chi connectivity index (χ2n) is 9.21. The summed E-state index contributed by atoms with van der Waals surface area (Å²) in [6.45, 7) is 6.24. The van der Waals surface area contributed by atoms with Crippen LogP contribution < -0.4 is 26.6 Å². The third-order valence-electron chi connectivity index (χ3n) is 6.35. The third kappa shape index (κ3) is 6.21. The Labute approximate surface area is 252 Å². The molecule has 1 atom stereocenters. The van der Waals surface area contributed by atoms with E-state index < -0.39 is 11.9 Å². The van der Waals surface area contributed by atoms with Crippen LogP contribution in [-0.2, 0) is 0 Å². The zero-order valence-electron chi connectivity index (χ0n) is 22.4. The second kappa shape index (κ2) is 12.7. The zero-order chi connectivity index (χ0) is 29.6. The van der Waals surface area contributed by atoms with Gasteiger partial charge in [-0.3, -0.25) is 15.0 Å². The number of hydrogen-bond donors (Lipinski definition) is 4. The standard InChI is InChI=1S/C31H25Cl2FN8/c1-3-4-5-7-19(2)29(28-18-42(41-40-28)23-8-6-11-36-17-23)39-22-12-24-30(38-21-9-10-27(34)25(32)13-21)20(15-35)16-37-31(24)26(33)14-22/h3-14,16-18,29,39-41H,2H2,1H3,(H,37,38)/b4-3-,7-5-/t29-/m0/s1. The Hall–Kier alpha value is -4.88. The maximum Gasteiger partial charge on any atom is 0.141 e. The molecule has 0 saturated heterocycles. The van der Waals surface area contributed by atoms with E-state index >= 15 is 0 Å². The van der Waals surface area contributed by atoms with Crippen LogP contribution in [0.1, 0.15) is 12.5 Å². The highest BCUT2D eigenvalue weighted by atomic mass is 35.5. The van der Waals surface area contributed by atoms with Crippen LogP contribution in [0.15, 0.2) is 109 Å². The number of hydrazine groups is 2. The first-order chi connectivity index (χ1) is 20.4. The van der Waals surface area contributed by atoms with Gasteiger partial charge in [-0.15, -0.1) is 5.53 Å². The molecule has 0 radical (unpaired) electrons. The number of anilines is 4. The third-order valence-corrected chi connectivity index (χ3v) is 6.93. The normalized spacial score (nSPS) is 13.7. The summed E-state index contributed by atoms with van der Waals surface area (Å²) >= 11 is 12.7. The number of nitrogens with one attached hydrogen (secondary N) is 4. The lowest BCUT2D eigenvalue weighted by Crippen LogP contribution is -2.39. The van der Waals surface area contributed by atoms with E-state index in [0.29, 0.717) is 33.0 Å². The van der Waals surface area contributed by atoms with E-state index in [1.165, 1.54) is 24.4 Å². The number of nitrogens with zero attached hydrogens (tertiary/aromatic N) is 4. The Morgan fingerprint density at radius 3 is 2.71 bits per heavy atom. The Morgan fingerprint density at radius 1 is 1.14 bits per heavy atom. The topological polar surface area (TPSA) is 101 Å². The molecule has 11 heteroatoms. The summed E-state index contributed by atoms with van der Waals surface area (Å²) in [7, 11) is 0. The number of hydrogen-bond acceptors (Lipinski definition) is 8. The quantitative estimate of drug-likeness (QED) is 0.147. The van der Waals surface area contributed by atoms with Crippen molar-refractivity contribution in [2.24, 2.45) is 0 Å². The first kappa shape index (κ1) is 28.6. The molecule has 210 valence electrons. The Morgan fingerprint density at radius 2 is 1.98 bits per heavy atom. The molecule has 8 nitrogen and oxygen atoms in total. The Bertz CT molecular complexity index is 1780. The predicted molar refractivity (Wildman–Crippen MR) is 168 cm³/mol. The number of halogens is 3. The van der Waals surface area contributed by atoms with Gasteiger partial charge in [-0.05, 0) is 55.0 Å². The molecule has 1 aliphatic heterocycles. The highest BCUT2D eigenvalue weighted by Gasteiger charge is 2.24. The number of rotatable bonds is 9. The highest BCUT2D eigenvalue weighted by Crippen LogP contribution is 2.36. The van der Waals surface area contributed by atoms with Crippen LogP contribution in [0.3, 0.4) is 0 Å². The van der Waals surface area contributed by atoms with Gasteiger partial charge in [-0.25, -0.2) is 4.39 Å². The lowest BCUT2D eigenvalue weighted by atomic mass is 10.0. The van der Waals surface area contributed by atoms with Crippen LogP contribution in [0.4, 0.5) is 27.1 Å². The molecule has 0 saturated carbocycles. The van der Waals surface area contributed by atoms with Crippen LogP contribution in [-0.4, -0.2) is 16.0 Å². The molecule has 0 bridgehead atoms. The van der Waals surface area contributed by atoms with Crippen molar-refractivity contribution in [3.8, 4) is 6.07 Å². The summed E-state index contributed by atoms with van der Waals surface area (Å²) in [6.07, 6.45) is 14.5. The molecule has 3 heterocycles. The second-order valence-corrected chi connectivity index (χ2v) is 10.0. The molecule has 0 amide bonds. The number of pyridine rings is 2. The smallest absolute Gasteiger partial charge is 0.141 e. The van der Waals surface area contributed by atoms with Gasteiger partial charge in [-0.2, -0.15) is 5.26 Å². The van der Waals surface area contributed by atoms with Gasteiger partial charge < -0.3 is 16.1 Å². The van der Waals surface area contributed by atoms with E-state index in [1.54, 1.807) is 18.5 Å². The van der Waals surface area contributed by atoms with Crippen molar-refractivity contribution in [2.45, 2.75) is 13.0 Å². The Kier molecular flexibility index (Phi) is 8.69. The van der Waals surface area contributed by atoms with Crippen molar-refractivity contribution < 1.29 is 4.39 Å². The summed E-state index contributed by atoms with van der Waals surface area (Å²) in [4.78, 5) is 8.61. The molecule has 0 fully saturated rings. The van der Waals surface area contributed by atoms with Crippen molar-refractivity contribution in [2.75, 3.05) is 15.6 Å². The average Bonchev–Trinajstić information content (AvgIpc) is 3.49. The van der Waals surface area contributed by atoms with Crippen molar-refractivity contribution >= 4 is 56.9 Å². The van der Waals surface area contributed by atoms with E-state index in [0.717, 1.165) is 17.0 Å². The molecule has 0 spiro atoms. The minimum atomic E-state index is -0.544. The Balaban J connectivity index is 1.55. The maximum atomic E-state index is 13.8. The molecule has 0 aliphatic carbocycles. The molecule has 2 aromatic heterocycles. The lowest BCUT2D eigenvalue weighted by Gasteiger charge is -2.22. The van der Waals surface area contributed by atoms with Crippen molar-refractivity contribution in [1.29, 1.82) is 5.26 Å². The maximum absolute atomic E-state index is 13.8. The summed E-state index contributed by atoms with van der Waals surface area (Å²) < 4.78 is 13.8. The average molecular weight is 600 g/mol. The molecule has 2 aromatic carbocycles. The summed E-state index contributed by atoms with van der Waals surface area (Å²) in [6, 6.07) is 13.4. The van der Waals surface area contributed by atoms with Crippen LogP contribution in [0.5, 0.6) is 0 Å². The minimum Gasteiger partial charge on any atom is -0.373 e. The van der Waals surface area contributed by atoms with Crippen LogP contribution >= 0.6 is 23.2 Å². The number of benzene rings is 2. The van der Waals surface area contributed by atoms with E-state index in [2.05, 4.69) is 44.2 Å². The first-order valence-corrected chi connectivity index (χ1v) is 13.5. The van der Waals surface area contributed by atoms with Crippen LogP contribution in [0.25, 0.3) is 10.9 Å². The fourth-order valence-corrected chi connectivity index (χ4v) is 4.76. The van der Waals surface area contributed by atoms with Crippen LogP contribution in [0, 0.1) is 17.1 Å². The van der Waals surface area contributed by atoms with Gasteiger partial charge in [0.1, 0.15) is 11.9 Å². The fraction of sp³-hybridized carbons (Fsp3) is 0.0645. The molecule has 4 aromatic rings. The summed E-state index contributed by atoms with van der Waals surface area (Å²) in [5.41, 5.74) is 11.1. The number of fused-ring (bicyclic) bond motifs is 1. The molecule has 0 unspecified atom stereocenters. The van der Waals surface area contributed by atoms with Crippen molar-refractivity contribution in [3.63, 3.8) is 0 Å². The molecular formula is C31H25Cl2FN8. The first-order valence-electron chi connectivity index (χ1n) is 12.8. The van der Waals surface area contributed by atoms with Crippen molar-refractivity contribution in [1.82, 2.24) is 20.9 Å². The summed E-state index contributed by atoms with van der Waals surface area (Å²) in [5, 5.41) is 19.3. The lowest BCUT2D eigenvalue weighted by molar-refractivity contribution is 0.628. The highest BCUT2D eigenvalue weighted by molar-refractivity contribution is 6.36.